The molecule has 0 aliphatic heterocycles. The molecule has 0 bridgehead atoms. The number of halogens is 1. The Balaban J connectivity index is 2.47. The highest BCUT2D eigenvalue weighted by Gasteiger charge is 2.18. The number of carbonyl (C=O) groups is 1. The second-order valence-corrected chi connectivity index (χ2v) is 3.51. The van der Waals surface area contributed by atoms with E-state index in [1.807, 2.05) is 0 Å². The highest BCUT2D eigenvalue weighted by Crippen LogP contribution is 2.19. The van der Waals surface area contributed by atoms with E-state index in [1.165, 1.54) is 12.3 Å². The maximum atomic E-state index is 13.4. The molecule has 0 fully saturated rings. The summed E-state index contributed by atoms with van der Waals surface area (Å²) in [6.07, 6.45) is 2.41. The number of carbonyl (C=O) groups excluding carboxylic acids is 1. The molecule has 0 aliphatic rings. The van der Waals surface area contributed by atoms with Crippen molar-refractivity contribution in [3.05, 3.63) is 53.0 Å². The highest BCUT2D eigenvalue weighted by atomic mass is 19.1. The Morgan fingerprint density at radius 2 is 2.12 bits per heavy atom. The Bertz CT molecular complexity index is 546. The van der Waals surface area contributed by atoms with Gasteiger partial charge in [0.1, 0.15) is 11.5 Å². The van der Waals surface area contributed by atoms with E-state index >= 15 is 0 Å². The SMILES string of the molecule is Cc1cc(C(=O)c2ccncc2F)c(C)o1. The zero-order chi connectivity index (χ0) is 11.7. The highest BCUT2D eigenvalue weighted by molar-refractivity contribution is 6.09. The monoisotopic (exact) mass is 219 g/mol. The summed E-state index contributed by atoms with van der Waals surface area (Å²) in [5.41, 5.74) is 0.404. The molecule has 2 rings (SSSR count). The maximum absolute atomic E-state index is 13.4. The molecule has 0 amide bonds. The first-order valence-electron chi connectivity index (χ1n) is 4.81. The molecule has 0 saturated heterocycles. The van der Waals surface area contributed by atoms with Crippen molar-refractivity contribution in [3.8, 4) is 0 Å². The second kappa shape index (κ2) is 3.89. The van der Waals surface area contributed by atoms with Gasteiger partial charge in [-0.25, -0.2) is 4.39 Å². The van der Waals surface area contributed by atoms with Crippen LogP contribution in [-0.2, 0) is 0 Å². The van der Waals surface area contributed by atoms with Gasteiger partial charge in [-0.3, -0.25) is 9.78 Å². The molecule has 0 unspecified atom stereocenters. The van der Waals surface area contributed by atoms with E-state index in [4.69, 9.17) is 4.42 Å². The van der Waals surface area contributed by atoms with Crippen molar-refractivity contribution in [2.24, 2.45) is 0 Å². The topological polar surface area (TPSA) is 43.1 Å². The molecule has 2 aromatic rings. The van der Waals surface area contributed by atoms with E-state index in [0.29, 0.717) is 17.1 Å². The fourth-order valence-electron chi connectivity index (χ4n) is 1.56. The maximum Gasteiger partial charge on any atom is 0.199 e. The Kier molecular flexibility index (Phi) is 2.56. The van der Waals surface area contributed by atoms with Crippen LogP contribution in [0.1, 0.15) is 27.4 Å². The predicted molar refractivity (Wildman–Crippen MR) is 55.8 cm³/mol. The van der Waals surface area contributed by atoms with Crippen molar-refractivity contribution in [2.75, 3.05) is 0 Å². The van der Waals surface area contributed by atoms with Crippen molar-refractivity contribution < 1.29 is 13.6 Å². The van der Waals surface area contributed by atoms with Crippen LogP contribution in [0.2, 0.25) is 0 Å². The molecule has 0 saturated carbocycles. The average Bonchev–Trinajstić information content (AvgIpc) is 2.58. The van der Waals surface area contributed by atoms with Crippen LogP contribution in [0, 0.1) is 19.7 Å². The first kappa shape index (κ1) is 10.5. The zero-order valence-electron chi connectivity index (χ0n) is 8.95. The summed E-state index contributed by atoms with van der Waals surface area (Å²) in [6, 6.07) is 2.97. The molecular weight excluding hydrogens is 209 g/mol. The number of hydrogen-bond acceptors (Lipinski definition) is 3. The zero-order valence-corrected chi connectivity index (χ0v) is 8.95. The van der Waals surface area contributed by atoms with Crippen molar-refractivity contribution in [1.82, 2.24) is 4.98 Å². The van der Waals surface area contributed by atoms with Gasteiger partial charge in [-0.1, -0.05) is 0 Å². The predicted octanol–water partition coefficient (Wildman–Crippen LogP) is 2.66. The third-order valence-corrected chi connectivity index (χ3v) is 2.30. The van der Waals surface area contributed by atoms with Crippen LogP contribution in [0.25, 0.3) is 0 Å². The van der Waals surface area contributed by atoms with Crippen LogP contribution in [0.15, 0.2) is 28.9 Å². The lowest BCUT2D eigenvalue weighted by Crippen LogP contribution is -2.04. The van der Waals surface area contributed by atoms with Gasteiger partial charge in [0.05, 0.1) is 17.3 Å². The fraction of sp³-hybridized carbons (Fsp3) is 0.167. The molecule has 0 aliphatic carbocycles. The van der Waals surface area contributed by atoms with E-state index in [9.17, 15) is 9.18 Å². The van der Waals surface area contributed by atoms with E-state index in [-0.39, 0.29) is 11.3 Å². The second-order valence-electron chi connectivity index (χ2n) is 3.51. The van der Waals surface area contributed by atoms with Crippen LogP contribution >= 0.6 is 0 Å². The Labute approximate surface area is 91.9 Å². The van der Waals surface area contributed by atoms with Crippen molar-refractivity contribution >= 4 is 5.78 Å². The third kappa shape index (κ3) is 1.74. The Hall–Kier alpha value is -1.97. The van der Waals surface area contributed by atoms with Gasteiger partial charge in [0.25, 0.3) is 0 Å². The Morgan fingerprint density at radius 1 is 1.38 bits per heavy atom. The molecule has 0 N–H and O–H groups in total. The normalized spacial score (nSPS) is 10.4. The summed E-state index contributed by atoms with van der Waals surface area (Å²) in [7, 11) is 0. The lowest BCUT2D eigenvalue weighted by atomic mass is 10.0. The van der Waals surface area contributed by atoms with E-state index < -0.39 is 5.82 Å². The summed E-state index contributed by atoms with van der Waals surface area (Å²) < 4.78 is 18.6. The van der Waals surface area contributed by atoms with Gasteiger partial charge >= 0.3 is 0 Å². The van der Waals surface area contributed by atoms with E-state index in [1.54, 1.807) is 19.9 Å². The van der Waals surface area contributed by atoms with Gasteiger partial charge in [-0.05, 0) is 26.0 Å². The number of nitrogens with zero attached hydrogens (tertiary/aromatic N) is 1. The molecule has 0 radical (unpaired) electrons. The molecule has 82 valence electrons. The van der Waals surface area contributed by atoms with Crippen LogP contribution in [0.4, 0.5) is 4.39 Å². The van der Waals surface area contributed by atoms with E-state index in [0.717, 1.165) is 6.20 Å². The summed E-state index contributed by atoms with van der Waals surface area (Å²) in [6.45, 7) is 3.42. The number of rotatable bonds is 2. The molecule has 2 heterocycles. The minimum Gasteiger partial charge on any atom is -0.466 e. The summed E-state index contributed by atoms with van der Waals surface area (Å²) >= 11 is 0. The molecule has 16 heavy (non-hydrogen) atoms. The summed E-state index contributed by atoms with van der Waals surface area (Å²) in [5, 5.41) is 0. The van der Waals surface area contributed by atoms with Gasteiger partial charge in [0.2, 0.25) is 0 Å². The minimum absolute atomic E-state index is 0.0129. The molecular formula is C12H10FNO2. The number of furan rings is 1. The van der Waals surface area contributed by atoms with Gasteiger partial charge in [0, 0.05) is 6.20 Å². The first-order chi connectivity index (χ1) is 7.59. The minimum atomic E-state index is -0.620. The van der Waals surface area contributed by atoms with Gasteiger partial charge in [-0.2, -0.15) is 0 Å². The first-order valence-corrected chi connectivity index (χ1v) is 4.81. The smallest absolute Gasteiger partial charge is 0.199 e. The lowest BCUT2D eigenvalue weighted by Gasteiger charge is -1.99. The average molecular weight is 219 g/mol. The van der Waals surface area contributed by atoms with Crippen LogP contribution in [0.5, 0.6) is 0 Å². The van der Waals surface area contributed by atoms with Crippen molar-refractivity contribution in [1.29, 1.82) is 0 Å². The third-order valence-electron chi connectivity index (χ3n) is 2.30. The number of hydrogen-bond donors (Lipinski definition) is 0. The number of aryl methyl sites for hydroxylation is 2. The fourth-order valence-corrected chi connectivity index (χ4v) is 1.56. The quantitative estimate of drug-likeness (QED) is 0.729. The van der Waals surface area contributed by atoms with Crippen LogP contribution in [-0.4, -0.2) is 10.8 Å². The van der Waals surface area contributed by atoms with Crippen LogP contribution < -0.4 is 0 Å². The molecule has 0 aromatic carbocycles. The largest absolute Gasteiger partial charge is 0.466 e. The summed E-state index contributed by atoms with van der Waals surface area (Å²) in [4.78, 5) is 15.6. The molecule has 0 spiro atoms. The number of pyridine rings is 1. The number of aromatic nitrogens is 1. The van der Waals surface area contributed by atoms with Gasteiger partial charge in [-0.15, -0.1) is 0 Å². The van der Waals surface area contributed by atoms with Crippen LogP contribution in [0.3, 0.4) is 0 Å². The van der Waals surface area contributed by atoms with E-state index in [2.05, 4.69) is 4.98 Å². The van der Waals surface area contributed by atoms with Gasteiger partial charge in [0.15, 0.2) is 11.6 Å². The number of ketones is 1. The molecule has 2 aromatic heterocycles. The standard InChI is InChI=1S/C12H10FNO2/c1-7-5-10(8(2)16-7)12(15)9-3-4-14-6-11(9)13/h3-6H,1-2H3. The summed E-state index contributed by atoms with van der Waals surface area (Å²) in [5.74, 6) is 0.133. The molecule has 4 heteroatoms. The van der Waals surface area contributed by atoms with Gasteiger partial charge < -0.3 is 4.42 Å². The van der Waals surface area contributed by atoms with Crippen molar-refractivity contribution in [3.63, 3.8) is 0 Å². The van der Waals surface area contributed by atoms with Crippen molar-refractivity contribution in [2.45, 2.75) is 13.8 Å². The lowest BCUT2D eigenvalue weighted by molar-refractivity contribution is 0.103. The Morgan fingerprint density at radius 3 is 2.69 bits per heavy atom. The molecule has 3 nitrogen and oxygen atoms in total. The molecule has 0 atom stereocenters.